The van der Waals surface area contributed by atoms with E-state index >= 15 is 0 Å². The van der Waals surface area contributed by atoms with Gasteiger partial charge in [-0.05, 0) is 48.4 Å². The van der Waals surface area contributed by atoms with Crippen LogP contribution in [-0.4, -0.2) is 20.7 Å². The van der Waals surface area contributed by atoms with E-state index < -0.39 is 18.3 Å². The molecule has 6 nitrogen and oxygen atoms in total. The summed E-state index contributed by atoms with van der Waals surface area (Å²) in [4.78, 5) is 16.6. The van der Waals surface area contributed by atoms with Crippen LogP contribution in [0.4, 0.5) is 19.0 Å². The first-order chi connectivity index (χ1) is 16.2. The minimum atomic E-state index is -2.78. The van der Waals surface area contributed by atoms with E-state index in [-0.39, 0.29) is 17.9 Å². The molecule has 3 N–H and O–H groups in total. The molecule has 0 aliphatic carbocycles. The minimum Gasteiger partial charge on any atom is -0.383 e. The fourth-order valence-corrected chi connectivity index (χ4v) is 3.72. The number of nitrogens with zero attached hydrogens (tertiary/aromatic N) is 3. The summed E-state index contributed by atoms with van der Waals surface area (Å²) in [6, 6.07) is 12.7. The largest absolute Gasteiger partial charge is 0.383 e. The van der Waals surface area contributed by atoms with Crippen molar-refractivity contribution in [1.29, 1.82) is 0 Å². The number of aromatic nitrogens is 3. The van der Waals surface area contributed by atoms with Crippen LogP contribution in [0.15, 0.2) is 60.9 Å². The average molecular weight is 486 g/mol. The topological polar surface area (TPSA) is 85.8 Å². The highest BCUT2D eigenvalue weighted by molar-refractivity contribution is 6.30. The van der Waals surface area contributed by atoms with Crippen LogP contribution in [0.1, 0.15) is 28.2 Å². The van der Waals surface area contributed by atoms with Crippen LogP contribution in [0, 0.1) is 12.7 Å². The summed E-state index contributed by atoms with van der Waals surface area (Å²) in [5.41, 5.74) is 8.75. The van der Waals surface area contributed by atoms with Crippen molar-refractivity contribution in [2.75, 3.05) is 5.73 Å². The summed E-state index contributed by atoms with van der Waals surface area (Å²) in [7, 11) is 0. The molecular formula is C24H19ClF3N5O. The molecule has 1 amide bonds. The van der Waals surface area contributed by atoms with Gasteiger partial charge >= 0.3 is 6.55 Å². The fraction of sp³-hybridized carbons (Fsp3) is 0.125. The van der Waals surface area contributed by atoms with Gasteiger partial charge in [0.2, 0.25) is 0 Å². The molecule has 0 saturated carbocycles. The smallest absolute Gasteiger partial charge is 0.333 e. The molecule has 2 heterocycles. The standard InChI is InChI=1S/C24H19ClF3N5O/c1-13-20(12-33(32-13)24(27)28)16-8-19(22(29)30-11-16)15-5-6-18(21(26)9-15)23(34)31-10-14-3-2-4-17(25)7-14/h2-9,11-12,24H,10H2,1H3,(H2,29,30)(H,31,34). The van der Waals surface area contributed by atoms with E-state index in [2.05, 4.69) is 15.4 Å². The molecule has 0 atom stereocenters. The van der Waals surface area contributed by atoms with Gasteiger partial charge in [-0.1, -0.05) is 29.8 Å². The zero-order chi connectivity index (χ0) is 24.4. The van der Waals surface area contributed by atoms with Crippen molar-refractivity contribution < 1.29 is 18.0 Å². The Morgan fingerprint density at radius 3 is 2.62 bits per heavy atom. The van der Waals surface area contributed by atoms with Gasteiger partial charge in [-0.2, -0.15) is 13.9 Å². The Labute approximate surface area is 198 Å². The number of nitrogens with two attached hydrogens (primary N) is 1. The molecule has 34 heavy (non-hydrogen) atoms. The number of hydrogen-bond acceptors (Lipinski definition) is 4. The van der Waals surface area contributed by atoms with Crippen molar-refractivity contribution in [3.05, 3.63) is 88.6 Å². The lowest BCUT2D eigenvalue weighted by molar-refractivity contribution is 0.0563. The number of nitrogen functional groups attached to an aromatic ring is 1. The van der Waals surface area contributed by atoms with Crippen molar-refractivity contribution in [3.8, 4) is 22.3 Å². The fourth-order valence-electron chi connectivity index (χ4n) is 3.51. The number of hydrogen-bond donors (Lipinski definition) is 2. The lowest BCUT2D eigenvalue weighted by Crippen LogP contribution is -2.23. The van der Waals surface area contributed by atoms with E-state index in [1.54, 1.807) is 43.3 Å². The number of benzene rings is 2. The number of carbonyl (C=O) groups excluding carboxylic acids is 1. The number of rotatable bonds is 6. The summed E-state index contributed by atoms with van der Waals surface area (Å²) in [5, 5.41) is 6.99. The van der Waals surface area contributed by atoms with Crippen LogP contribution < -0.4 is 11.1 Å². The predicted octanol–water partition coefficient (Wildman–Crippen LogP) is 5.62. The number of anilines is 1. The molecule has 0 bridgehead atoms. The quantitative estimate of drug-likeness (QED) is 0.371. The lowest BCUT2D eigenvalue weighted by atomic mass is 10.00. The van der Waals surface area contributed by atoms with Crippen molar-refractivity contribution in [2.45, 2.75) is 20.0 Å². The van der Waals surface area contributed by atoms with Gasteiger partial charge in [0.25, 0.3) is 5.91 Å². The molecule has 2 aromatic carbocycles. The first kappa shape index (κ1) is 23.3. The van der Waals surface area contributed by atoms with Crippen molar-refractivity contribution >= 4 is 23.3 Å². The molecule has 4 aromatic rings. The van der Waals surface area contributed by atoms with Gasteiger partial charge in [0.15, 0.2) is 0 Å². The van der Waals surface area contributed by atoms with Crippen molar-refractivity contribution in [2.24, 2.45) is 0 Å². The number of carbonyl (C=O) groups is 1. The molecule has 0 spiro atoms. The second kappa shape index (κ2) is 9.56. The molecule has 174 valence electrons. The first-order valence-electron chi connectivity index (χ1n) is 10.2. The van der Waals surface area contributed by atoms with Crippen LogP contribution in [0.3, 0.4) is 0 Å². The Morgan fingerprint density at radius 1 is 1.15 bits per heavy atom. The maximum Gasteiger partial charge on any atom is 0.333 e. The molecule has 0 aliphatic heterocycles. The Hall–Kier alpha value is -3.85. The number of alkyl halides is 2. The number of amides is 1. The van der Waals surface area contributed by atoms with Crippen molar-refractivity contribution in [1.82, 2.24) is 20.1 Å². The zero-order valence-corrected chi connectivity index (χ0v) is 18.7. The van der Waals surface area contributed by atoms with Gasteiger partial charge in [0.05, 0.1) is 11.3 Å². The molecular weight excluding hydrogens is 467 g/mol. The van der Waals surface area contributed by atoms with Gasteiger partial charge in [-0.15, -0.1) is 0 Å². The molecule has 2 aromatic heterocycles. The van der Waals surface area contributed by atoms with E-state index in [0.717, 1.165) is 5.56 Å². The number of nitrogens with one attached hydrogen (secondary N) is 1. The minimum absolute atomic E-state index is 0.125. The molecule has 4 rings (SSSR count). The summed E-state index contributed by atoms with van der Waals surface area (Å²) in [6.07, 6.45) is 2.65. The van der Waals surface area contributed by atoms with E-state index in [9.17, 15) is 18.0 Å². The van der Waals surface area contributed by atoms with Gasteiger partial charge in [-0.3, -0.25) is 4.79 Å². The third-order valence-corrected chi connectivity index (χ3v) is 5.45. The Morgan fingerprint density at radius 2 is 1.94 bits per heavy atom. The average Bonchev–Trinajstić information content (AvgIpc) is 3.20. The van der Waals surface area contributed by atoms with Crippen LogP contribution in [0.25, 0.3) is 22.3 Å². The monoisotopic (exact) mass is 485 g/mol. The van der Waals surface area contributed by atoms with E-state index in [1.165, 1.54) is 24.5 Å². The molecule has 0 unspecified atom stereocenters. The zero-order valence-electron chi connectivity index (χ0n) is 17.9. The van der Waals surface area contributed by atoms with Crippen molar-refractivity contribution in [3.63, 3.8) is 0 Å². The summed E-state index contributed by atoms with van der Waals surface area (Å²) < 4.78 is 41.4. The highest BCUT2D eigenvalue weighted by atomic mass is 35.5. The predicted molar refractivity (Wildman–Crippen MR) is 124 cm³/mol. The summed E-state index contributed by atoms with van der Waals surface area (Å²) >= 11 is 5.94. The normalized spacial score (nSPS) is 11.1. The molecule has 0 radical (unpaired) electrons. The van der Waals surface area contributed by atoms with E-state index in [0.29, 0.717) is 37.7 Å². The van der Waals surface area contributed by atoms with Gasteiger partial charge < -0.3 is 11.1 Å². The Kier molecular flexibility index (Phi) is 6.56. The third-order valence-electron chi connectivity index (χ3n) is 5.21. The van der Waals surface area contributed by atoms with Gasteiger partial charge in [0.1, 0.15) is 11.6 Å². The second-order valence-electron chi connectivity index (χ2n) is 7.55. The summed E-state index contributed by atoms with van der Waals surface area (Å²) in [5.74, 6) is -1.20. The van der Waals surface area contributed by atoms with E-state index in [1.807, 2.05) is 0 Å². The number of halogens is 4. The number of aryl methyl sites for hydroxylation is 1. The Bertz CT molecular complexity index is 1370. The SMILES string of the molecule is Cc1nn(C(F)F)cc1-c1cnc(N)c(-c2ccc(C(=O)NCc3cccc(Cl)c3)c(F)c2)c1. The van der Waals surface area contributed by atoms with Crippen LogP contribution in [-0.2, 0) is 6.54 Å². The van der Waals surface area contributed by atoms with E-state index in [4.69, 9.17) is 17.3 Å². The molecule has 0 fully saturated rings. The molecule has 10 heteroatoms. The van der Waals surface area contributed by atoms with Gasteiger partial charge in [0, 0.05) is 40.7 Å². The van der Waals surface area contributed by atoms with Crippen LogP contribution in [0.2, 0.25) is 5.02 Å². The Balaban J connectivity index is 1.59. The van der Waals surface area contributed by atoms with Crippen LogP contribution in [0.5, 0.6) is 0 Å². The molecule has 0 aliphatic rings. The maximum absolute atomic E-state index is 14.8. The van der Waals surface area contributed by atoms with Crippen LogP contribution >= 0.6 is 11.6 Å². The first-order valence-corrected chi connectivity index (χ1v) is 10.5. The summed E-state index contributed by atoms with van der Waals surface area (Å²) in [6.45, 7) is -0.994. The third kappa shape index (κ3) is 4.89. The van der Waals surface area contributed by atoms with Gasteiger partial charge in [-0.25, -0.2) is 14.1 Å². The highest BCUT2D eigenvalue weighted by Gasteiger charge is 2.17. The maximum atomic E-state index is 14.8. The number of pyridine rings is 1. The highest BCUT2D eigenvalue weighted by Crippen LogP contribution is 2.32. The lowest BCUT2D eigenvalue weighted by Gasteiger charge is -2.11. The molecule has 0 saturated heterocycles. The second-order valence-corrected chi connectivity index (χ2v) is 7.99.